The molecule has 0 saturated carbocycles. The van der Waals surface area contributed by atoms with E-state index in [2.05, 4.69) is 16.7 Å². The summed E-state index contributed by atoms with van der Waals surface area (Å²) in [6.45, 7) is 12.1. The molecule has 0 aliphatic rings. The molecule has 2 rings (SSSR count). The summed E-state index contributed by atoms with van der Waals surface area (Å²) in [5.74, 6) is -1.18. The normalized spacial score (nSPS) is 13.0. The van der Waals surface area contributed by atoms with E-state index >= 15 is 0 Å². The second kappa shape index (κ2) is 11.9. The van der Waals surface area contributed by atoms with Crippen molar-refractivity contribution in [3.05, 3.63) is 59.2 Å². The first-order valence-corrected chi connectivity index (χ1v) is 12.2. The molecule has 0 spiro atoms. The molecule has 0 radical (unpaired) electrons. The number of carbonyl (C=O) groups is 3. The van der Waals surface area contributed by atoms with Crippen molar-refractivity contribution in [2.75, 3.05) is 0 Å². The van der Waals surface area contributed by atoms with Gasteiger partial charge in [0.15, 0.2) is 0 Å². The van der Waals surface area contributed by atoms with Gasteiger partial charge in [-0.25, -0.2) is 4.79 Å². The molecule has 2 atom stereocenters. The number of alkyl carbamates (subject to hydrolysis) is 1. The van der Waals surface area contributed by atoms with Crippen molar-refractivity contribution in [3.8, 4) is 24.0 Å². The van der Waals surface area contributed by atoms with Crippen LogP contribution in [-0.2, 0) is 20.7 Å². The van der Waals surface area contributed by atoms with Crippen molar-refractivity contribution in [1.82, 2.24) is 15.5 Å². The standard InChI is InChI=1S/C29H37N3O6/c1-9-32(24(25(35)31-28(3,4)5)20-12-15-23(34)18(2)16-20)26(36)22(30-27(37)38-29(6,7)8)17-19-10-13-21(33)14-11-19/h1,10-16,22,24,33-34H,17H2,2-8H3,(H,30,37)(H,31,35). The van der Waals surface area contributed by atoms with Crippen molar-refractivity contribution in [3.63, 3.8) is 0 Å². The van der Waals surface area contributed by atoms with E-state index in [9.17, 15) is 24.6 Å². The van der Waals surface area contributed by atoms with E-state index in [1.165, 1.54) is 24.3 Å². The molecule has 9 nitrogen and oxygen atoms in total. The summed E-state index contributed by atoms with van der Waals surface area (Å²) in [5, 5.41) is 25.1. The molecule has 0 aromatic heterocycles. The Bertz CT molecular complexity index is 1200. The summed E-state index contributed by atoms with van der Waals surface area (Å²) in [5.41, 5.74) is 0.0540. The third kappa shape index (κ3) is 8.73. The van der Waals surface area contributed by atoms with Crippen LogP contribution in [0.15, 0.2) is 42.5 Å². The van der Waals surface area contributed by atoms with Gasteiger partial charge < -0.3 is 25.6 Å². The van der Waals surface area contributed by atoms with Crippen LogP contribution in [0.5, 0.6) is 11.5 Å². The van der Waals surface area contributed by atoms with Gasteiger partial charge >= 0.3 is 6.09 Å². The number of benzene rings is 2. The minimum atomic E-state index is -1.26. The number of amides is 3. The molecule has 2 aromatic rings. The maximum atomic E-state index is 13.9. The van der Waals surface area contributed by atoms with Gasteiger partial charge in [0.2, 0.25) is 5.91 Å². The lowest BCUT2D eigenvalue weighted by Crippen LogP contribution is -2.53. The first-order chi connectivity index (χ1) is 17.5. The number of nitrogens with one attached hydrogen (secondary N) is 2. The Balaban J connectivity index is 2.54. The highest BCUT2D eigenvalue weighted by Gasteiger charge is 2.37. The monoisotopic (exact) mass is 523 g/mol. The van der Waals surface area contributed by atoms with Crippen LogP contribution in [0, 0.1) is 19.4 Å². The Kier molecular flexibility index (Phi) is 9.41. The van der Waals surface area contributed by atoms with Crippen LogP contribution in [0.4, 0.5) is 4.79 Å². The summed E-state index contributed by atoms with van der Waals surface area (Å²) in [4.78, 5) is 41.0. The van der Waals surface area contributed by atoms with Gasteiger partial charge in [-0.15, -0.1) is 0 Å². The molecule has 3 amide bonds. The number of ether oxygens (including phenoxy) is 1. The van der Waals surface area contributed by atoms with E-state index in [1.807, 2.05) is 0 Å². The summed E-state index contributed by atoms with van der Waals surface area (Å²) in [7, 11) is 0. The summed E-state index contributed by atoms with van der Waals surface area (Å²) in [6, 6.07) is 10.5. The van der Waals surface area contributed by atoms with Crippen LogP contribution in [0.1, 0.15) is 64.3 Å². The summed E-state index contributed by atoms with van der Waals surface area (Å²) < 4.78 is 5.36. The quantitative estimate of drug-likeness (QED) is 0.322. The molecular formula is C29H37N3O6. The zero-order valence-corrected chi connectivity index (χ0v) is 23.0. The number of phenolic OH excluding ortho intramolecular Hbond substituents is 2. The number of aromatic hydroxyl groups is 2. The zero-order chi connectivity index (χ0) is 28.8. The largest absolute Gasteiger partial charge is 0.508 e. The van der Waals surface area contributed by atoms with Gasteiger partial charge in [0.05, 0.1) is 0 Å². The van der Waals surface area contributed by atoms with Gasteiger partial charge in [0.1, 0.15) is 29.2 Å². The Morgan fingerprint density at radius 2 is 1.63 bits per heavy atom. The highest BCUT2D eigenvalue weighted by Crippen LogP contribution is 2.27. The number of rotatable bonds is 7. The van der Waals surface area contributed by atoms with Crippen LogP contribution in [-0.4, -0.2) is 50.2 Å². The smallest absolute Gasteiger partial charge is 0.408 e. The average Bonchev–Trinajstić information content (AvgIpc) is 2.77. The van der Waals surface area contributed by atoms with E-state index in [0.29, 0.717) is 16.7 Å². The number of carbonyl (C=O) groups excluding carboxylic acids is 3. The molecule has 38 heavy (non-hydrogen) atoms. The van der Waals surface area contributed by atoms with Gasteiger partial charge in [-0.1, -0.05) is 24.6 Å². The number of phenols is 2. The fourth-order valence-electron chi connectivity index (χ4n) is 3.66. The third-order valence-electron chi connectivity index (χ3n) is 5.28. The van der Waals surface area contributed by atoms with E-state index in [0.717, 1.165) is 4.90 Å². The van der Waals surface area contributed by atoms with Gasteiger partial charge in [-0.3, -0.25) is 14.5 Å². The topological polar surface area (TPSA) is 128 Å². The lowest BCUT2D eigenvalue weighted by Gasteiger charge is -2.32. The molecule has 0 heterocycles. The van der Waals surface area contributed by atoms with E-state index in [4.69, 9.17) is 11.2 Å². The molecule has 4 N–H and O–H groups in total. The van der Waals surface area contributed by atoms with Crippen LogP contribution < -0.4 is 10.6 Å². The molecule has 0 aliphatic carbocycles. The molecule has 0 fully saturated rings. The Hall–Kier alpha value is -4.19. The number of hydrogen-bond acceptors (Lipinski definition) is 6. The fourth-order valence-corrected chi connectivity index (χ4v) is 3.66. The minimum absolute atomic E-state index is 0.0127. The molecule has 9 heteroatoms. The minimum Gasteiger partial charge on any atom is -0.508 e. The van der Waals surface area contributed by atoms with E-state index in [-0.39, 0.29) is 17.9 Å². The number of aryl methyl sites for hydroxylation is 1. The van der Waals surface area contributed by atoms with Crippen molar-refractivity contribution < 1.29 is 29.3 Å². The zero-order valence-electron chi connectivity index (χ0n) is 23.0. The Morgan fingerprint density at radius 3 is 2.13 bits per heavy atom. The predicted octanol–water partition coefficient (Wildman–Crippen LogP) is 3.92. The van der Waals surface area contributed by atoms with E-state index in [1.54, 1.807) is 66.7 Å². The van der Waals surface area contributed by atoms with Gasteiger partial charge in [0, 0.05) is 18.0 Å². The molecule has 0 saturated heterocycles. The molecular weight excluding hydrogens is 486 g/mol. The second-order valence-electron chi connectivity index (χ2n) is 11.1. The van der Waals surface area contributed by atoms with Gasteiger partial charge in [0.25, 0.3) is 5.91 Å². The van der Waals surface area contributed by atoms with Crippen molar-refractivity contribution >= 4 is 17.9 Å². The van der Waals surface area contributed by atoms with Gasteiger partial charge in [-0.2, -0.15) is 0 Å². The lowest BCUT2D eigenvalue weighted by atomic mass is 9.98. The van der Waals surface area contributed by atoms with Crippen molar-refractivity contribution in [2.24, 2.45) is 0 Å². The van der Waals surface area contributed by atoms with E-state index < -0.39 is 41.1 Å². The maximum Gasteiger partial charge on any atom is 0.408 e. The first-order valence-electron chi connectivity index (χ1n) is 12.2. The number of terminal acetylenes is 1. The highest BCUT2D eigenvalue weighted by atomic mass is 16.6. The molecule has 204 valence electrons. The lowest BCUT2D eigenvalue weighted by molar-refractivity contribution is -0.139. The van der Waals surface area contributed by atoms with Gasteiger partial charge in [-0.05, 0) is 89.4 Å². The summed E-state index contributed by atoms with van der Waals surface area (Å²) in [6.07, 6.45) is 5.00. The number of nitrogens with zero attached hydrogens (tertiary/aromatic N) is 1. The first kappa shape index (κ1) is 30.0. The molecule has 0 aliphatic heterocycles. The Morgan fingerprint density at radius 1 is 1.03 bits per heavy atom. The summed E-state index contributed by atoms with van der Waals surface area (Å²) >= 11 is 0. The molecule has 2 unspecified atom stereocenters. The van der Waals surface area contributed by atoms with Crippen LogP contribution in [0.25, 0.3) is 0 Å². The fraction of sp³-hybridized carbons (Fsp3) is 0.414. The molecule has 0 bridgehead atoms. The van der Waals surface area contributed by atoms with Crippen molar-refractivity contribution in [1.29, 1.82) is 0 Å². The third-order valence-corrected chi connectivity index (χ3v) is 5.28. The maximum absolute atomic E-state index is 13.9. The Labute approximate surface area is 224 Å². The SMILES string of the molecule is C#CN(C(=O)C(Cc1ccc(O)cc1)NC(=O)OC(C)(C)C)C(C(=O)NC(C)(C)C)c1ccc(O)c(C)c1. The van der Waals surface area contributed by atoms with Crippen LogP contribution >= 0.6 is 0 Å². The number of hydrogen-bond donors (Lipinski definition) is 4. The van der Waals surface area contributed by atoms with Crippen LogP contribution in [0.3, 0.4) is 0 Å². The van der Waals surface area contributed by atoms with Crippen molar-refractivity contribution in [2.45, 2.75) is 78.1 Å². The highest BCUT2D eigenvalue weighted by molar-refractivity contribution is 5.93. The average molecular weight is 524 g/mol. The molecule has 2 aromatic carbocycles. The second-order valence-corrected chi connectivity index (χ2v) is 11.1. The predicted molar refractivity (Wildman–Crippen MR) is 144 cm³/mol. The van der Waals surface area contributed by atoms with Crippen LogP contribution in [0.2, 0.25) is 0 Å².